The Labute approximate surface area is 108 Å². The maximum atomic E-state index is 11.9. The summed E-state index contributed by atoms with van der Waals surface area (Å²) in [5.41, 5.74) is 0.426. The Morgan fingerprint density at radius 1 is 1.11 bits per heavy atom. The standard InChI is InChI=1S/C14H23NO3/c1-4-11-5-7-12(8-6-11)15-13(16)9(2)10(3)14(17)18/h11-12H,4-8H2,1-3H3,(H,15,16)(H,17,18). The fourth-order valence-corrected chi connectivity index (χ4v) is 2.34. The number of carboxylic acid groups (broad SMARTS) is 1. The third kappa shape index (κ3) is 3.86. The summed E-state index contributed by atoms with van der Waals surface area (Å²) in [5.74, 6) is -0.484. The number of carbonyl (C=O) groups excluding carboxylic acids is 1. The van der Waals surface area contributed by atoms with E-state index in [1.54, 1.807) is 6.92 Å². The lowest BCUT2D eigenvalue weighted by molar-refractivity contribution is -0.133. The minimum Gasteiger partial charge on any atom is -0.478 e. The number of hydrogen-bond donors (Lipinski definition) is 2. The number of nitrogens with one attached hydrogen (secondary N) is 1. The van der Waals surface area contributed by atoms with E-state index in [2.05, 4.69) is 12.2 Å². The quantitative estimate of drug-likeness (QED) is 0.756. The molecule has 0 heterocycles. The molecule has 4 nitrogen and oxygen atoms in total. The fraction of sp³-hybridized carbons (Fsp3) is 0.714. The van der Waals surface area contributed by atoms with Crippen LogP contribution >= 0.6 is 0 Å². The van der Waals surface area contributed by atoms with Crippen molar-refractivity contribution in [2.24, 2.45) is 5.92 Å². The third-order valence-electron chi connectivity index (χ3n) is 3.98. The predicted molar refractivity (Wildman–Crippen MR) is 70.2 cm³/mol. The average Bonchev–Trinajstić information content (AvgIpc) is 2.37. The zero-order valence-electron chi connectivity index (χ0n) is 11.5. The van der Waals surface area contributed by atoms with E-state index in [9.17, 15) is 9.59 Å². The zero-order chi connectivity index (χ0) is 13.7. The number of amides is 1. The van der Waals surface area contributed by atoms with Crippen LogP contribution in [0, 0.1) is 5.92 Å². The van der Waals surface area contributed by atoms with Gasteiger partial charge < -0.3 is 10.4 Å². The Kier molecular flexibility index (Phi) is 5.38. The van der Waals surface area contributed by atoms with Gasteiger partial charge in [0.15, 0.2) is 0 Å². The van der Waals surface area contributed by atoms with Crippen molar-refractivity contribution in [3.63, 3.8) is 0 Å². The second-order valence-electron chi connectivity index (χ2n) is 5.15. The van der Waals surface area contributed by atoms with Crippen molar-refractivity contribution < 1.29 is 14.7 Å². The fourth-order valence-electron chi connectivity index (χ4n) is 2.34. The lowest BCUT2D eigenvalue weighted by atomic mass is 9.84. The van der Waals surface area contributed by atoms with Crippen LogP contribution in [-0.4, -0.2) is 23.0 Å². The molecule has 0 aromatic rings. The molecule has 0 radical (unpaired) electrons. The molecule has 0 aromatic carbocycles. The van der Waals surface area contributed by atoms with E-state index in [0.29, 0.717) is 5.57 Å². The molecule has 0 aliphatic heterocycles. The first-order valence-electron chi connectivity index (χ1n) is 6.67. The van der Waals surface area contributed by atoms with Crippen molar-refractivity contribution in [1.29, 1.82) is 0 Å². The molecule has 0 spiro atoms. The molecule has 1 fully saturated rings. The average molecular weight is 253 g/mol. The minimum atomic E-state index is -1.03. The topological polar surface area (TPSA) is 66.4 Å². The number of hydrogen-bond acceptors (Lipinski definition) is 2. The van der Waals surface area contributed by atoms with Crippen molar-refractivity contribution in [3.8, 4) is 0 Å². The molecule has 0 bridgehead atoms. The summed E-state index contributed by atoms with van der Waals surface area (Å²) in [6.07, 6.45) is 5.52. The second-order valence-corrected chi connectivity index (χ2v) is 5.15. The van der Waals surface area contributed by atoms with Crippen LogP contribution in [0.25, 0.3) is 0 Å². The highest BCUT2D eigenvalue weighted by Crippen LogP contribution is 2.26. The molecule has 1 aliphatic carbocycles. The summed E-state index contributed by atoms with van der Waals surface area (Å²) in [4.78, 5) is 22.7. The van der Waals surface area contributed by atoms with E-state index in [4.69, 9.17) is 5.11 Å². The number of rotatable bonds is 4. The molecule has 1 rings (SSSR count). The lowest BCUT2D eigenvalue weighted by Gasteiger charge is -2.28. The first-order chi connectivity index (χ1) is 8.45. The van der Waals surface area contributed by atoms with Crippen LogP contribution in [0.4, 0.5) is 0 Å². The molecule has 0 saturated heterocycles. The Morgan fingerprint density at radius 2 is 1.67 bits per heavy atom. The highest BCUT2D eigenvalue weighted by Gasteiger charge is 2.22. The molecule has 1 saturated carbocycles. The molecule has 102 valence electrons. The highest BCUT2D eigenvalue weighted by atomic mass is 16.4. The van der Waals surface area contributed by atoms with Gasteiger partial charge in [0.1, 0.15) is 0 Å². The van der Waals surface area contributed by atoms with E-state index in [1.807, 2.05) is 0 Å². The van der Waals surface area contributed by atoms with Crippen LogP contribution in [0.3, 0.4) is 0 Å². The van der Waals surface area contributed by atoms with Crippen LogP contribution in [0.5, 0.6) is 0 Å². The Bertz CT molecular complexity index is 352. The molecular formula is C14H23NO3. The molecule has 0 atom stereocenters. The van der Waals surface area contributed by atoms with Crippen molar-refractivity contribution in [1.82, 2.24) is 5.32 Å². The van der Waals surface area contributed by atoms with Gasteiger partial charge in [0.05, 0.1) is 0 Å². The van der Waals surface area contributed by atoms with E-state index in [1.165, 1.54) is 13.3 Å². The van der Waals surface area contributed by atoms with Crippen molar-refractivity contribution in [2.75, 3.05) is 0 Å². The molecule has 0 aromatic heterocycles. The van der Waals surface area contributed by atoms with Crippen molar-refractivity contribution in [2.45, 2.75) is 58.9 Å². The second kappa shape index (κ2) is 6.57. The SMILES string of the molecule is CCC1CCC(NC(=O)C(C)=C(C)C(=O)O)CC1. The molecule has 1 amide bonds. The predicted octanol–water partition coefficient (Wildman–Crippen LogP) is 2.49. The Balaban J connectivity index is 2.51. The summed E-state index contributed by atoms with van der Waals surface area (Å²) in [6.45, 7) is 5.23. The summed E-state index contributed by atoms with van der Waals surface area (Å²) < 4.78 is 0. The van der Waals surface area contributed by atoms with E-state index in [-0.39, 0.29) is 17.5 Å². The Hall–Kier alpha value is -1.32. The van der Waals surface area contributed by atoms with E-state index < -0.39 is 5.97 Å². The maximum Gasteiger partial charge on any atom is 0.331 e. The van der Waals surface area contributed by atoms with Crippen LogP contribution in [0.1, 0.15) is 52.9 Å². The van der Waals surface area contributed by atoms with Crippen molar-refractivity contribution >= 4 is 11.9 Å². The van der Waals surface area contributed by atoms with E-state index >= 15 is 0 Å². The summed E-state index contributed by atoms with van der Waals surface area (Å²) in [6, 6.07) is 0.205. The first-order valence-corrected chi connectivity index (χ1v) is 6.67. The van der Waals surface area contributed by atoms with Gasteiger partial charge >= 0.3 is 5.97 Å². The molecule has 0 unspecified atom stereocenters. The van der Waals surface area contributed by atoms with Crippen LogP contribution in [0.15, 0.2) is 11.1 Å². The Morgan fingerprint density at radius 3 is 2.11 bits per heavy atom. The summed E-state index contributed by atoms with van der Waals surface area (Å²) in [5, 5.41) is 11.8. The highest BCUT2D eigenvalue weighted by molar-refractivity contribution is 6.01. The molecule has 1 aliphatic rings. The third-order valence-corrected chi connectivity index (χ3v) is 3.98. The maximum absolute atomic E-state index is 11.9. The van der Waals surface area contributed by atoms with Gasteiger partial charge in [0.25, 0.3) is 0 Å². The van der Waals surface area contributed by atoms with Gasteiger partial charge in [-0.2, -0.15) is 0 Å². The smallest absolute Gasteiger partial charge is 0.331 e. The van der Waals surface area contributed by atoms with Gasteiger partial charge in [-0.15, -0.1) is 0 Å². The molecular weight excluding hydrogens is 230 g/mol. The van der Waals surface area contributed by atoms with Crippen LogP contribution < -0.4 is 5.32 Å². The van der Waals surface area contributed by atoms with Gasteiger partial charge in [0, 0.05) is 17.2 Å². The van der Waals surface area contributed by atoms with E-state index in [0.717, 1.165) is 31.6 Å². The number of carbonyl (C=O) groups is 2. The zero-order valence-corrected chi connectivity index (χ0v) is 11.5. The van der Waals surface area contributed by atoms with Gasteiger partial charge in [-0.25, -0.2) is 4.79 Å². The van der Waals surface area contributed by atoms with Gasteiger partial charge in [-0.05, 0) is 45.4 Å². The molecule has 18 heavy (non-hydrogen) atoms. The number of aliphatic carboxylic acids is 1. The van der Waals surface area contributed by atoms with Crippen LogP contribution in [-0.2, 0) is 9.59 Å². The normalized spacial score (nSPS) is 25.3. The largest absolute Gasteiger partial charge is 0.478 e. The molecule has 4 heteroatoms. The summed E-state index contributed by atoms with van der Waals surface area (Å²) >= 11 is 0. The van der Waals surface area contributed by atoms with Crippen LogP contribution in [0.2, 0.25) is 0 Å². The van der Waals surface area contributed by atoms with Gasteiger partial charge in [-0.3, -0.25) is 4.79 Å². The van der Waals surface area contributed by atoms with Crippen molar-refractivity contribution in [3.05, 3.63) is 11.1 Å². The first kappa shape index (κ1) is 14.7. The molecule has 2 N–H and O–H groups in total. The van der Waals surface area contributed by atoms with Gasteiger partial charge in [-0.1, -0.05) is 13.3 Å². The summed E-state index contributed by atoms with van der Waals surface area (Å²) in [7, 11) is 0. The monoisotopic (exact) mass is 253 g/mol. The lowest BCUT2D eigenvalue weighted by Crippen LogP contribution is -2.38. The minimum absolute atomic E-state index is 0.120. The number of carboxylic acids is 1. The van der Waals surface area contributed by atoms with Gasteiger partial charge in [0.2, 0.25) is 5.91 Å².